The topological polar surface area (TPSA) is 21.3 Å². The monoisotopic (exact) mass is 197 g/mol. The molecule has 1 atom stereocenters. The molecule has 1 unspecified atom stereocenters. The summed E-state index contributed by atoms with van der Waals surface area (Å²) in [4.78, 5) is 0. The highest BCUT2D eigenvalue weighted by Crippen LogP contribution is 2.39. The van der Waals surface area contributed by atoms with Crippen molar-refractivity contribution in [3.8, 4) is 0 Å². The fourth-order valence-electron chi connectivity index (χ4n) is 2.68. The van der Waals surface area contributed by atoms with Gasteiger partial charge in [-0.05, 0) is 37.0 Å². The first kappa shape index (κ1) is 10.4. The molecule has 0 aromatic heterocycles. The predicted molar refractivity (Wildman–Crippen MR) is 58.3 cm³/mol. The maximum absolute atomic E-state index is 5.82. The maximum atomic E-state index is 5.82. The van der Waals surface area contributed by atoms with E-state index in [-0.39, 0.29) is 0 Å². The molecule has 1 aliphatic carbocycles. The SMILES string of the molecule is CC1(C)CCC(C2CNCCO2)CC1. The van der Waals surface area contributed by atoms with Crippen molar-refractivity contribution >= 4 is 0 Å². The molecule has 0 bridgehead atoms. The standard InChI is InChI=1S/C12H23NO/c1-12(2)5-3-10(4-6-12)11-9-13-7-8-14-11/h10-11,13H,3-9H2,1-2H3. The average molecular weight is 197 g/mol. The van der Waals surface area contributed by atoms with E-state index in [1.807, 2.05) is 0 Å². The Hall–Kier alpha value is -0.0800. The van der Waals surface area contributed by atoms with Gasteiger partial charge in [0.25, 0.3) is 0 Å². The zero-order chi connectivity index (χ0) is 10.0. The summed E-state index contributed by atoms with van der Waals surface area (Å²) >= 11 is 0. The van der Waals surface area contributed by atoms with Crippen LogP contribution in [-0.2, 0) is 4.74 Å². The Morgan fingerprint density at radius 3 is 2.50 bits per heavy atom. The average Bonchev–Trinajstić information content (AvgIpc) is 2.19. The molecular weight excluding hydrogens is 174 g/mol. The fourth-order valence-corrected chi connectivity index (χ4v) is 2.68. The van der Waals surface area contributed by atoms with E-state index in [4.69, 9.17) is 4.74 Å². The number of morpholine rings is 1. The first-order valence-corrected chi connectivity index (χ1v) is 6.00. The van der Waals surface area contributed by atoms with Crippen LogP contribution in [0.25, 0.3) is 0 Å². The second-order valence-corrected chi connectivity index (χ2v) is 5.62. The van der Waals surface area contributed by atoms with Crippen molar-refractivity contribution in [1.82, 2.24) is 5.32 Å². The van der Waals surface area contributed by atoms with Crippen molar-refractivity contribution in [2.75, 3.05) is 19.7 Å². The van der Waals surface area contributed by atoms with Crippen LogP contribution in [0.2, 0.25) is 0 Å². The number of rotatable bonds is 1. The van der Waals surface area contributed by atoms with Crippen molar-refractivity contribution in [2.45, 2.75) is 45.6 Å². The molecule has 2 heteroatoms. The highest BCUT2D eigenvalue weighted by Gasteiger charge is 2.32. The van der Waals surface area contributed by atoms with Crippen LogP contribution >= 0.6 is 0 Å². The lowest BCUT2D eigenvalue weighted by molar-refractivity contribution is -0.0287. The first-order chi connectivity index (χ1) is 6.67. The van der Waals surface area contributed by atoms with Crippen molar-refractivity contribution in [3.63, 3.8) is 0 Å². The molecule has 1 N–H and O–H groups in total. The smallest absolute Gasteiger partial charge is 0.0728 e. The van der Waals surface area contributed by atoms with E-state index in [1.54, 1.807) is 0 Å². The lowest BCUT2D eigenvalue weighted by Gasteiger charge is -2.39. The second kappa shape index (κ2) is 4.19. The van der Waals surface area contributed by atoms with Crippen LogP contribution < -0.4 is 5.32 Å². The minimum atomic E-state index is 0.500. The molecule has 0 aromatic rings. The van der Waals surface area contributed by atoms with Gasteiger partial charge in [-0.25, -0.2) is 0 Å². The molecule has 82 valence electrons. The van der Waals surface area contributed by atoms with Crippen LogP contribution in [0.1, 0.15) is 39.5 Å². The largest absolute Gasteiger partial charge is 0.375 e. The van der Waals surface area contributed by atoms with E-state index >= 15 is 0 Å². The predicted octanol–water partition coefficient (Wildman–Crippen LogP) is 2.19. The van der Waals surface area contributed by atoms with Gasteiger partial charge in [-0.15, -0.1) is 0 Å². The minimum Gasteiger partial charge on any atom is -0.375 e. The molecule has 0 radical (unpaired) electrons. The van der Waals surface area contributed by atoms with Crippen molar-refractivity contribution < 1.29 is 4.74 Å². The third-order valence-electron chi connectivity index (χ3n) is 3.87. The Morgan fingerprint density at radius 1 is 1.21 bits per heavy atom. The van der Waals surface area contributed by atoms with E-state index in [0.29, 0.717) is 11.5 Å². The zero-order valence-electron chi connectivity index (χ0n) is 9.51. The van der Waals surface area contributed by atoms with E-state index in [9.17, 15) is 0 Å². The Balaban J connectivity index is 1.82. The summed E-state index contributed by atoms with van der Waals surface area (Å²) in [6.07, 6.45) is 5.97. The van der Waals surface area contributed by atoms with E-state index < -0.39 is 0 Å². The molecule has 2 aliphatic rings. The van der Waals surface area contributed by atoms with Gasteiger partial charge in [-0.3, -0.25) is 0 Å². The van der Waals surface area contributed by atoms with Gasteiger partial charge in [-0.1, -0.05) is 13.8 Å². The number of nitrogens with one attached hydrogen (secondary N) is 1. The van der Waals surface area contributed by atoms with Gasteiger partial charge in [0.05, 0.1) is 12.7 Å². The number of hydrogen-bond donors (Lipinski definition) is 1. The zero-order valence-corrected chi connectivity index (χ0v) is 9.51. The second-order valence-electron chi connectivity index (χ2n) is 5.62. The fraction of sp³-hybridized carbons (Fsp3) is 1.00. The highest BCUT2D eigenvalue weighted by molar-refractivity contribution is 4.84. The third kappa shape index (κ3) is 2.48. The van der Waals surface area contributed by atoms with E-state index in [1.165, 1.54) is 25.7 Å². The summed E-state index contributed by atoms with van der Waals surface area (Å²) in [6, 6.07) is 0. The molecule has 0 amide bonds. The number of ether oxygens (including phenoxy) is 1. The summed E-state index contributed by atoms with van der Waals surface area (Å²) in [6.45, 7) is 7.80. The lowest BCUT2D eigenvalue weighted by Crippen LogP contribution is -2.44. The summed E-state index contributed by atoms with van der Waals surface area (Å²) in [5.74, 6) is 0.816. The van der Waals surface area contributed by atoms with Gasteiger partial charge in [-0.2, -0.15) is 0 Å². The molecule has 2 rings (SSSR count). The van der Waals surface area contributed by atoms with Gasteiger partial charge in [0, 0.05) is 13.1 Å². The van der Waals surface area contributed by atoms with Crippen molar-refractivity contribution in [3.05, 3.63) is 0 Å². The van der Waals surface area contributed by atoms with Crippen LogP contribution in [0.15, 0.2) is 0 Å². The molecule has 0 aromatic carbocycles. The van der Waals surface area contributed by atoms with Gasteiger partial charge in [0.15, 0.2) is 0 Å². The van der Waals surface area contributed by atoms with E-state index in [2.05, 4.69) is 19.2 Å². The van der Waals surface area contributed by atoms with Crippen LogP contribution in [0.5, 0.6) is 0 Å². The Morgan fingerprint density at radius 2 is 1.93 bits per heavy atom. The molecule has 2 nitrogen and oxygen atoms in total. The molecular formula is C12H23NO. The van der Waals surface area contributed by atoms with Gasteiger partial charge < -0.3 is 10.1 Å². The summed E-state index contributed by atoms with van der Waals surface area (Å²) in [5.41, 5.74) is 0.582. The van der Waals surface area contributed by atoms with Gasteiger partial charge in [0.1, 0.15) is 0 Å². The van der Waals surface area contributed by atoms with Gasteiger partial charge >= 0.3 is 0 Å². The molecule has 1 heterocycles. The Bertz CT molecular complexity index is 175. The van der Waals surface area contributed by atoms with Gasteiger partial charge in [0.2, 0.25) is 0 Å². The molecule has 1 saturated carbocycles. The van der Waals surface area contributed by atoms with Crippen LogP contribution in [0, 0.1) is 11.3 Å². The maximum Gasteiger partial charge on any atom is 0.0728 e. The van der Waals surface area contributed by atoms with Crippen LogP contribution in [0.3, 0.4) is 0 Å². The molecule has 1 saturated heterocycles. The number of hydrogen-bond acceptors (Lipinski definition) is 2. The lowest BCUT2D eigenvalue weighted by atomic mass is 9.71. The van der Waals surface area contributed by atoms with Crippen molar-refractivity contribution in [1.29, 1.82) is 0 Å². The van der Waals surface area contributed by atoms with Crippen LogP contribution in [0.4, 0.5) is 0 Å². The quantitative estimate of drug-likeness (QED) is 0.696. The normalized spacial score (nSPS) is 34.3. The van der Waals surface area contributed by atoms with Crippen molar-refractivity contribution in [2.24, 2.45) is 11.3 Å². The Kier molecular flexibility index (Phi) is 3.13. The molecule has 0 spiro atoms. The van der Waals surface area contributed by atoms with E-state index in [0.717, 1.165) is 25.6 Å². The molecule has 14 heavy (non-hydrogen) atoms. The van der Waals surface area contributed by atoms with Crippen LogP contribution in [-0.4, -0.2) is 25.8 Å². The first-order valence-electron chi connectivity index (χ1n) is 6.00. The third-order valence-corrected chi connectivity index (χ3v) is 3.87. The highest BCUT2D eigenvalue weighted by atomic mass is 16.5. The Labute approximate surface area is 87.4 Å². The molecule has 1 aliphatic heterocycles. The summed E-state index contributed by atoms with van der Waals surface area (Å²) in [7, 11) is 0. The summed E-state index contributed by atoms with van der Waals surface area (Å²) in [5, 5.41) is 3.43. The minimum absolute atomic E-state index is 0.500. The molecule has 2 fully saturated rings. The summed E-state index contributed by atoms with van der Waals surface area (Å²) < 4.78 is 5.82.